The molecule has 0 amide bonds. The zero-order chi connectivity index (χ0) is 39.3. The van der Waals surface area contributed by atoms with Crippen molar-refractivity contribution in [2.75, 3.05) is 0 Å². The zero-order valence-electron chi connectivity index (χ0n) is 32.1. The molecule has 0 aliphatic carbocycles. The highest BCUT2D eigenvalue weighted by atomic mass is 32.1. The summed E-state index contributed by atoms with van der Waals surface area (Å²) in [5.74, 6) is 15.0. The number of thiophene rings is 2. The molecule has 11 aromatic carbocycles. The molecule has 0 atom stereocenters. The molecule has 0 N–H and O–H groups in total. The van der Waals surface area contributed by atoms with Crippen LogP contribution < -0.4 is 0 Å². The van der Waals surface area contributed by atoms with Crippen molar-refractivity contribution in [3.8, 4) is 23.7 Å². The molecule has 0 saturated carbocycles. The largest absolute Gasteiger partial charge is 0.134 e. The fourth-order valence-electron chi connectivity index (χ4n) is 9.18. The second-order valence-electron chi connectivity index (χ2n) is 15.8. The van der Waals surface area contributed by atoms with E-state index in [9.17, 15) is 0 Å². The first-order valence-corrected chi connectivity index (χ1v) is 21.9. The first-order chi connectivity index (χ1) is 29.7. The minimum Gasteiger partial charge on any atom is -0.134 e. The lowest BCUT2D eigenvalue weighted by Gasteiger charge is -2.06. The van der Waals surface area contributed by atoms with Gasteiger partial charge in [0.2, 0.25) is 0 Å². The van der Waals surface area contributed by atoms with Gasteiger partial charge in [-0.1, -0.05) is 133 Å². The van der Waals surface area contributed by atoms with E-state index in [0.29, 0.717) is 0 Å². The Bertz CT molecular complexity index is 3860. The quantitative estimate of drug-likeness (QED) is 0.106. The predicted octanol–water partition coefficient (Wildman–Crippen LogP) is 16.1. The van der Waals surface area contributed by atoms with Crippen LogP contribution in [0.1, 0.15) is 22.3 Å². The van der Waals surface area contributed by atoms with Gasteiger partial charge in [0, 0.05) is 42.1 Å². The van der Waals surface area contributed by atoms with Crippen LogP contribution in [0.3, 0.4) is 0 Å². The minimum atomic E-state index is 1.00. The van der Waals surface area contributed by atoms with Crippen molar-refractivity contribution in [3.05, 3.63) is 204 Å². The minimum absolute atomic E-state index is 1.00. The lowest BCUT2D eigenvalue weighted by Crippen LogP contribution is -1.87. The SMILES string of the molecule is C(#Cc1c2sc3cc4ccccc4cc3c2c(C#Cc2ccc3cc4ccccc4cc3c2)c2sc3cc4ccccc4cc3c12)c1ccc2cc3ccccc3cc2c1. The molecule has 0 saturated heterocycles. The number of benzene rings is 11. The first-order valence-electron chi connectivity index (χ1n) is 20.2. The Hall–Kier alpha value is -7.46. The van der Waals surface area contributed by atoms with Gasteiger partial charge >= 0.3 is 0 Å². The van der Waals surface area contributed by atoms with Crippen LogP contribution in [0.25, 0.3) is 105 Å². The second-order valence-corrected chi connectivity index (χ2v) is 17.9. The number of hydrogen-bond donors (Lipinski definition) is 0. The van der Waals surface area contributed by atoms with E-state index in [1.807, 2.05) is 22.7 Å². The third-order valence-corrected chi connectivity index (χ3v) is 14.5. The molecule has 0 radical (unpaired) electrons. The fraction of sp³-hybridized carbons (Fsp3) is 0. The summed E-state index contributed by atoms with van der Waals surface area (Å²) in [5, 5.41) is 19.6. The number of fused-ring (bicyclic) bond motifs is 12. The molecule has 60 heavy (non-hydrogen) atoms. The van der Waals surface area contributed by atoms with Gasteiger partial charge in [-0.25, -0.2) is 0 Å². The molecule has 0 bridgehead atoms. The molecule has 0 unspecified atom stereocenters. The normalized spacial score (nSPS) is 11.7. The van der Waals surface area contributed by atoms with Gasteiger partial charge in [0.25, 0.3) is 0 Å². The van der Waals surface area contributed by atoms with Crippen molar-refractivity contribution < 1.29 is 0 Å². The summed E-state index contributed by atoms with van der Waals surface area (Å²) in [4.78, 5) is 0. The summed E-state index contributed by atoms with van der Waals surface area (Å²) in [6.45, 7) is 0. The van der Waals surface area contributed by atoms with Crippen molar-refractivity contribution in [3.63, 3.8) is 0 Å². The molecule has 2 aromatic heterocycles. The molecule has 0 fully saturated rings. The van der Waals surface area contributed by atoms with Crippen molar-refractivity contribution >= 4 is 128 Å². The van der Waals surface area contributed by atoms with E-state index in [2.05, 4.69) is 206 Å². The molecule has 13 aromatic rings. The third kappa shape index (κ3) is 5.33. The smallest absolute Gasteiger partial charge is 0.0532 e. The molecule has 2 heteroatoms. The molecular formula is C58H30S2. The Morgan fingerprint density at radius 2 is 0.583 bits per heavy atom. The van der Waals surface area contributed by atoms with Crippen LogP contribution in [0, 0.1) is 23.7 Å². The maximum Gasteiger partial charge on any atom is 0.0532 e. The van der Waals surface area contributed by atoms with E-state index < -0.39 is 0 Å². The Balaban J connectivity index is 1.11. The fourth-order valence-corrected chi connectivity index (χ4v) is 11.7. The van der Waals surface area contributed by atoms with E-state index in [-0.39, 0.29) is 0 Å². The summed E-state index contributed by atoms with van der Waals surface area (Å²) >= 11 is 3.69. The highest BCUT2D eigenvalue weighted by Gasteiger charge is 2.22. The maximum absolute atomic E-state index is 3.83. The number of hydrogen-bond acceptors (Lipinski definition) is 2. The van der Waals surface area contributed by atoms with Crippen LogP contribution in [0.4, 0.5) is 0 Å². The Morgan fingerprint density at radius 1 is 0.267 bits per heavy atom. The van der Waals surface area contributed by atoms with Crippen molar-refractivity contribution in [2.24, 2.45) is 0 Å². The van der Waals surface area contributed by atoms with Crippen LogP contribution in [-0.4, -0.2) is 0 Å². The second kappa shape index (κ2) is 13.0. The first kappa shape index (κ1) is 33.5. The molecule has 274 valence electrons. The van der Waals surface area contributed by atoms with Crippen LogP contribution in [-0.2, 0) is 0 Å². The van der Waals surface area contributed by atoms with Crippen LogP contribution in [0.5, 0.6) is 0 Å². The van der Waals surface area contributed by atoms with Gasteiger partial charge in [-0.05, 0) is 137 Å². The standard InChI is InChI=1S/C58H30S2/c1-3-11-39-29-47-25-35(17-21-45(47)27-37(39)9-1)19-23-49-55-51-31-41-13-5-7-15-43(41)33-53(51)60-58(55)50(56-52-32-42-14-6-8-16-44(42)34-54(52)59-57(49)56)24-20-36-18-22-46-28-38-10-2-4-12-40(38)30-48(46)26-36/h1-18,21-22,25-34H. The van der Waals surface area contributed by atoms with Gasteiger partial charge in [0.1, 0.15) is 0 Å². The summed E-state index contributed by atoms with van der Waals surface area (Å²) in [5.41, 5.74) is 4.16. The molecule has 2 heterocycles. The number of rotatable bonds is 0. The van der Waals surface area contributed by atoms with E-state index >= 15 is 0 Å². The van der Waals surface area contributed by atoms with Gasteiger partial charge in [-0.3, -0.25) is 0 Å². The van der Waals surface area contributed by atoms with E-state index in [1.165, 1.54) is 105 Å². The van der Waals surface area contributed by atoms with E-state index in [4.69, 9.17) is 0 Å². The molecule has 0 nitrogen and oxygen atoms in total. The average molecular weight is 791 g/mol. The Labute approximate surface area is 353 Å². The van der Waals surface area contributed by atoms with Crippen molar-refractivity contribution in [1.82, 2.24) is 0 Å². The average Bonchev–Trinajstić information content (AvgIpc) is 3.84. The maximum atomic E-state index is 3.83. The summed E-state index contributed by atoms with van der Waals surface area (Å²) in [7, 11) is 0. The van der Waals surface area contributed by atoms with Gasteiger partial charge in [0.15, 0.2) is 0 Å². The van der Waals surface area contributed by atoms with Crippen molar-refractivity contribution in [1.29, 1.82) is 0 Å². The highest BCUT2D eigenvalue weighted by Crippen LogP contribution is 2.48. The Kier molecular flexibility index (Phi) is 7.27. The van der Waals surface area contributed by atoms with Gasteiger partial charge in [-0.15, -0.1) is 22.7 Å². The molecule has 0 aliphatic rings. The predicted molar refractivity (Wildman–Crippen MR) is 262 cm³/mol. The van der Waals surface area contributed by atoms with Gasteiger partial charge in [0.05, 0.1) is 20.5 Å². The van der Waals surface area contributed by atoms with Crippen LogP contribution >= 0.6 is 22.7 Å². The van der Waals surface area contributed by atoms with Gasteiger partial charge < -0.3 is 0 Å². The van der Waals surface area contributed by atoms with Crippen LogP contribution in [0.2, 0.25) is 0 Å². The molecule has 0 aliphatic heterocycles. The van der Waals surface area contributed by atoms with E-state index in [1.54, 1.807) is 0 Å². The third-order valence-electron chi connectivity index (χ3n) is 12.1. The van der Waals surface area contributed by atoms with Crippen molar-refractivity contribution in [2.45, 2.75) is 0 Å². The lowest BCUT2D eigenvalue weighted by molar-refractivity contribution is 1.71. The summed E-state index contributed by atoms with van der Waals surface area (Å²) in [6.07, 6.45) is 0. The monoisotopic (exact) mass is 790 g/mol. The van der Waals surface area contributed by atoms with Gasteiger partial charge in [-0.2, -0.15) is 0 Å². The summed E-state index contributed by atoms with van der Waals surface area (Å²) < 4.78 is 4.87. The van der Waals surface area contributed by atoms with E-state index in [0.717, 1.165) is 22.3 Å². The van der Waals surface area contributed by atoms with Crippen LogP contribution in [0.15, 0.2) is 182 Å². The zero-order valence-corrected chi connectivity index (χ0v) is 33.8. The topological polar surface area (TPSA) is 0 Å². The molecule has 0 spiro atoms. The molecular weight excluding hydrogens is 761 g/mol. The molecule has 13 rings (SSSR count). The highest BCUT2D eigenvalue weighted by molar-refractivity contribution is 7.28. The Morgan fingerprint density at radius 3 is 0.967 bits per heavy atom. The summed E-state index contributed by atoms with van der Waals surface area (Å²) in [6, 6.07) is 66.3. The lowest BCUT2D eigenvalue weighted by atomic mass is 9.95.